The number of amides is 1. The summed E-state index contributed by atoms with van der Waals surface area (Å²) in [5.41, 5.74) is -3.32. The second-order valence-electron chi connectivity index (χ2n) is 12.2. The normalized spacial score (nSPS) is 14.2. The molecule has 1 aliphatic heterocycles. The van der Waals surface area contributed by atoms with E-state index in [1.54, 1.807) is 70.7 Å². The van der Waals surface area contributed by atoms with Crippen molar-refractivity contribution < 1.29 is 29.0 Å². The number of piperazine rings is 1. The van der Waals surface area contributed by atoms with Gasteiger partial charge in [0, 0.05) is 26.2 Å². The van der Waals surface area contributed by atoms with Crippen molar-refractivity contribution in [2.45, 2.75) is 55.0 Å². The molecule has 0 spiro atoms. The van der Waals surface area contributed by atoms with E-state index < -0.39 is 53.6 Å². The Labute approximate surface area is 252 Å². The van der Waals surface area contributed by atoms with Crippen molar-refractivity contribution in [1.29, 1.82) is 0 Å². The molecule has 0 bridgehead atoms. The lowest BCUT2D eigenvalue weighted by atomic mass is 9.97. The van der Waals surface area contributed by atoms with Crippen LogP contribution >= 0.6 is 11.6 Å². The highest BCUT2D eigenvalue weighted by Gasteiger charge is 2.31. The van der Waals surface area contributed by atoms with Crippen molar-refractivity contribution in [2.75, 3.05) is 31.1 Å². The van der Waals surface area contributed by atoms with E-state index in [4.69, 9.17) is 21.1 Å². The minimum Gasteiger partial charge on any atom is -0.465 e. The molecule has 2 aromatic heterocycles. The Balaban J connectivity index is 1.98. The number of aromatic nitrogens is 4. The first-order valence-corrected chi connectivity index (χ1v) is 14.0. The van der Waals surface area contributed by atoms with E-state index in [-0.39, 0.29) is 48.3 Å². The molecule has 1 amide bonds. The SMILES string of the molecule is CC(C)(C)C(=O)OCn1c(=O)c2c(nc(N3CCN(C(=O)O)CC3)n2-c2ccccc2Cl)n(COC(=O)C(C)(C)C)c1=O. The quantitative estimate of drug-likeness (QED) is 0.407. The van der Waals surface area contributed by atoms with Crippen molar-refractivity contribution >= 4 is 46.7 Å². The number of imidazole rings is 1. The molecule has 0 saturated carbocycles. The predicted molar refractivity (Wildman–Crippen MR) is 158 cm³/mol. The van der Waals surface area contributed by atoms with Crippen molar-refractivity contribution in [1.82, 2.24) is 23.6 Å². The van der Waals surface area contributed by atoms with Crippen LogP contribution in [0.3, 0.4) is 0 Å². The molecule has 15 heteroatoms. The molecule has 0 aliphatic carbocycles. The molecule has 1 aromatic carbocycles. The number of benzene rings is 1. The van der Waals surface area contributed by atoms with E-state index in [1.807, 2.05) is 0 Å². The molecular weight excluding hydrogens is 584 g/mol. The summed E-state index contributed by atoms with van der Waals surface area (Å²) >= 11 is 6.59. The number of para-hydroxylation sites is 1. The molecule has 1 N–H and O–H groups in total. The van der Waals surface area contributed by atoms with Crippen LogP contribution in [0.4, 0.5) is 10.7 Å². The highest BCUT2D eigenvalue weighted by molar-refractivity contribution is 6.32. The van der Waals surface area contributed by atoms with Crippen LogP contribution in [0.15, 0.2) is 33.9 Å². The summed E-state index contributed by atoms with van der Waals surface area (Å²) in [4.78, 5) is 72.2. The molecule has 0 atom stereocenters. The molecule has 3 aromatic rings. The third-order valence-electron chi connectivity index (χ3n) is 6.81. The number of nitrogens with zero attached hydrogens (tertiary/aromatic N) is 6. The smallest absolute Gasteiger partial charge is 0.407 e. The standard InChI is InChI=1S/C28H35ClN6O8/c1-27(2,3)22(37)42-15-33-20-19(21(36)34(25(33)39)16-43-23(38)28(4,5)6)35(18-10-8-7-9-17(18)29)24(30-20)31-11-13-32(14-12-31)26(40)41/h7-10H,11-16H2,1-6H3,(H,40,41). The van der Waals surface area contributed by atoms with Gasteiger partial charge in [0.2, 0.25) is 5.95 Å². The molecular formula is C28H35ClN6O8. The summed E-state index contributed by atoms with van der Waals surface area (Å²) in [5, 5.41) is 9.70. The number of halogens is 1. The highest BCUT2D eigenvalue weighted by atomic mass is 35.5. The van der Waals surface area contributed by atoms with Gasteiger partial charge in [-0.05, 0) is 53.7 Å². The third-order valence-corrected chi connectivity index (χ3v) is 7.13. The zero-order chi connectivity index (χ0) is 31.9. The fraction of sp³-hybridized carbons (Fsp3) is 0.500. The maximum Gasteiger partial charge on any atom is 0.407 e. The predicted octanol–water partition coefficient (Wildman–Crippen LogP) is 2.90. The highest BCUT2D eigenvalue weighted by Crippen LogP contribution is 2.30. The molecule has 3 heterocycles. The summed E-state index contributed by atoms with van der Waals surface area (Å²) in [5.74, 6) is -1.01. The van der Waals surface area contributed by atoms with Crippen molar-refractivity contribution in [3.05, 3.63) is 50.1 Å². The molecule has 0 radical (unpaired) electrons. The summed E-state index contributed by atoms with van der Waals surface area (Å²) in [6.07, 6.45) is -1.05. The lowest BCUT2D eigenvalue weighted by molar-refractivity contribution is -0.157. The monoisotopic (exact) mass is 618 g/mol. The third kappa shape index (κ3) is 6.38. The van der Waals surface area contributed by atoms with Crippen molar-refractivity contribution in [2.24, 2.45) is 10.8 Å². The molecule has 1 fully saturated rings. The zero-order valence-electron chi connectivity index (χ0n) is 24.9. The number of fused-ring (bicyclic) bond motifs is 1. The van der Waals surface area contributed by atoms with Crippen LogP contribution in [-0.2, 0) is 32.5 Å². The Kier molecular flexibility index (Phi) is 8.63. The van der Waals surface area contributed by atoms with E-state index >= 15 is 0 Å². The topological polar surface area (TPSA) is 158 Å². The second-order valence-corrected chi connectivity index (χ2v) is 12.6. The summed E-state index contributed by atoms with van der Waals surface area (Å²) in [7, 11) is 0. The lowest BCUT2D eigenvalue weighted by Crippen LogP contribution is -2.49. The molecule has 1 saturated heterocycles. The summed E-state index contributed by atoms with van der Waals surface area (Å²) in [6, 6.07) is 6.71. The Hall–Kier alpha value is -4.33. The minimum absolute atomic E-state index is 0.0815. The van der Waals surface area contributed by atoms with E-state index in [9.17, 15) is 29.1 Å². The van der Waals surface area contributed by atoms with Crippen molar-refractivity contribution in [3.63, 3.8) is 0 Å². The van der Waals surface area contributed by atoms with Crippen LogP contribution in [0.25, 0.3) is 16.9 Å². The van der Waals surface area contributed by atoms with Gasteiger partial charge in [-0.25, -0.2) is 18.7 Å². The maximum atomic E-state index is 14.0. The summed E-state index contributed by atoms with van der Waals surface area (Å²) in [6.45, 7) is 9.40. The van der Waals surface area contributed by atoms with Gasteiger partial charge in [0.15, 0.2) is 24.6 Å². The van der Waals surface area contributed by atoms with Crippen LogP contribution in [0.1, 0.15) is 41.5 Å². The van der Waals surface area contributed by atoms with Gasteiger partial charge in [-0.15, -0.1) is 0 Å². The van der Waals surface area contributed by atoms with Gasteiger partial charge in [0.1, 0.15) is 0 Å². The van der Waals surface area contributed by atoms with Crippen LogP contribution in [-0.4, -0.2) is 72.9 Å². The van der Waals surface area contributed by atoms with Gasteiger partial charge >= 0.3 is 23.7 Å². The van der Waals surface area contributed by atoms with Crippen LogP contribution in [0, 0.1) is 10.8 Å². The number of rotatable bonds is 6. The number of hydrogen-bond acceptors (Lipinski definition) is 9. The van der Waals surface area contributed by atoms with Crippen LogP contribution in [0.2, 0.25) is 5.02 Å². The van der Waals surface area contributed by atoms with Crippen LogP contribution < -0.4 is 16.1 Å². The van der Waals surface area contributed by atoms with Gasteiger partial charge in [-0.2, -0.15) is 4.98 Å². The van der Waals surface area contributed by atoms with Crippen LogP contribution in [0.5, 0.6) is 0 Å². The maximum absolute atomic E-state index is 14.0. The number of ether oxygens (including phenoxy) is 2. The van der Waals surface area contributed by atoms with E-state index in [1.165, 1.54) is 9.47 Å². The van der Waals surface area contributed by atoms with Gasteiger partial charge in [0.25, 0.3) is 5.56 Å². The summed E-state index contributed by atoms with van der Waals surface area (Å²) < 4.78 is 14.0. The first-order chi connectivity index (χ1) is 20.0. The Bertz CT molecular complexity index is 1690. The molecule has 4 rings (SSSR count). The fourth-order valence-electron chi connectivity index (χ4n) is 4.31. The molecule has 14 nitrogen and oxygen atoms in total. The molecule has 0 unspecified atom stereocenters. The Morgan fingerprint density at radius 1 is 0.884 bits per heavy atom. The lowest BCUT2D eigenvalue weighted by Gasteiger charge is -2.34. The Morgan fingerprint density at radius 2 is 1.42 bits per heavy atom. The zero-order valence-corrected chi connectivity index (χ0v) is 25.7. The number of carbonyl (C=O) groups excluding carboxylic acids is 2. The first-order valence-electron chi connectivity index (χ1n) is 13.6. The van der Waals surface area contributed by atoms with E-state index in [0.717, 1.165) is 9.13 Å². The number of esters is 2. The van der Waals surface area contributed by atoms with Gasteiger partial charge in [-0.3, -0.25) is 19.0 Å². The molecule has 1 aliphatic rings. The first kappa shape index (κ1) is 31.6. The van der Waals surface area contributed by atoms with Gasteiger partial charge in [0.05, 0.1) is 21.5 Å². The Morgan fingerprint density at radius 3 is 1.93 bits per heavy atom. The average molecular weight is 619 g/mol. The fourth-order valence-corrected chi connectivity index (χ4v) is 4.53. The number of carbonyl (C=O) groups is 3. The number of carboxylic acid groups (broad SMARTS) is 1. The average Bonchev–Trinajstić information content (AvgIpc) is 3.32. The number of anilines is 1. The molecule has 232 valence electrons. The largest absolute Gasteiger partial charge is 0.465 e. The second kappa shape index (κ2) is 11.7. The van der Waals surface area contributed by atoms with E-state index in [0.29, 0.717) is 5.69 Å². The number of hydrogen-bond donors (Lipinski definition) is 1. The molecule has 43 heavy (non-hydrogen) atoms. The van der Waals surface area contributed by atoms with Crippen molar-refractivity contribution in [3.8, 4) is 5.69 Å². The van der Waals surface area contributed by atoms with E-state index in [2.05, 4.69) is 4.98 Å². The minimum atomic E-state index is -1.05. The van der Waals surface area contributed by atoms with Gasteiger partial charge < -0.3 is 24.4 Å². The van der Waals surface area contributed by atoms with Gasteiger partial charge in [-0.1, -0.05) is 23.7 Å².